The lowest BCUT2D eigenvalue weighted by Gasteiger charge is -2.03. The molecule has 3 rings (SSSR count). The molecule has 10 heteroatoms. The molecule has 8 nitrogen and oxygen atoms in total. The molecule has 3 aromatic heterocycles. The largest absolute Gasteiger partial charge is 0.466 e. The maximum absolute atomic E-state index is 12.1. The summed E-state index contributed by atoms with van der Waals surface area (Å²) in [5.41, 5.74) is 2.17. The van der Waals surface area contributed by atoms with Gasteiger partial charge in [0.1, 0.15) is 5.03 Å². The fraction of sp³-hybridized carbons (Fsp3) is 0.222. The monoisotopic (exact) mass is 415 g/mol. The zero-order valence-electron chi connectivity index (χ0n) is 15.0. The minimum absolute atomic E-state index is 0.0911. The Balaban J connectivity index is 1.48. The third-order valence-electron chi connectivity index (χ3n) is 3.38. The molecule has 0 fully saturated rings. The fourth-order valence-electron chi connectivity index (χ4n) is 2.17. The number of pyridine rings is 1. The summed E-state index contributed by atoms with van der Waals surface area (Å²) in [7, 11) is 0. The SMILES string of the molecule is CCOC(=O)Cc1csc(NC(=O)CSc2ccc(-c3cccnc3)nn2)n1. The van der Waals surface area contributed by atoms with Crippen LogP contribution in [-0.2, 0) is 20.7 Å². The van der Waals surface area contributed by atoms with Crippen LogP contribution in [0.2, 0.25) is 0 Å². The number of anilines is 1. The molecule has 0 bridgehead atoms. The predicted molar refractivity (Wildman–Crippen MR) is 107 cm³/mol. The summed E-state index contributed by atoms with van der Waals surface area (Å²) in [5.74, 6) is -0.372. The molecule has 0 aliphatic rings. The lowest BCUT2D eigenvalue weighted by atomic mass is 10.2. The van der Waals surface area contributed by atoms with Gasteiger partial charge in [-0.05, 0) is 31.2 Å². The standard InChI is InChI=1S/C18H17N5O3S2/c1-2-26-17(25)8-13-10-28-18(20-13)21-15(24)11-27-16-6-5-14(22-23-16)12-4-3-7-19-9-12/h3-7,9-10H,2,8,11H2,1H3,(H,20,21,24). The Hall–Kier alpha value is -2.85. The smallest absolute Gasteiger partial charge is 0.311 e. The molecular weight excluding hydrogens is 398 g/mol. The van der Waals surface area contributed by atoms with Gasteiger partial charge >= 0.3 is 5.97 Å². The van der Waals surface area contributed by atoms with Crippen LogP contribution < -0.4 is 5.32 Å². The van der Waals surface area contributed by atoms with Crippen LogP contribution in [0.15, 0.2) is 47.1 Å². The van der Waals surface area contributed by atoms with E-state index in [2.05, 4.69) is 25.5 Å². The van der Waals surface area contributed by atoms with E-state index in [0.717, 1.165) is 11.3 Å². The Morgan fingerprint density at radius 2 is 2.14 bits per heavy atom. The van der Waals surface area contributed by atoms with Gasteiger partial charge in [-0.25, -0.2) is 4.98 Å². The van der Waals surface area contributed by atoms with E-state index in [1.807, 2.05) is 24.3 Å². The molecule has 1 N–H and O–H groups in total. The van der Waals surface area contributed by atoms with Crippen molar-refractivity contribution in [2.75, 3.05) is 17.7 Å². The van der Waals surface area contributed by atoms with Crippen molar-refractivity contribution in [2.45, 2.75) is 18.4 Å². The molecule has 0 aliphatic carbocycles. The van der Waals surface area contributed by atoms with Gasteiger partial charge in [-0.1, -0.05) is 11.8 Å². The fourth-order valence-corrected chi connectivity index (χ4v) is 3.51. The number of carbonyl (C=O) groups excluding carboxylic acids is 2. The Morgan fingerprint density at radius 1 is 1.25 bits per heavy atom. The predicted octanol–water partition coefficient (Wildman–Crippen LogP) is 2.83. The van der Waals surface area contributed by atoms with Crippen LogP contribution in [0.4, 0.5) is 5.13 Å². The summed E-state index contributed by atoms with van der Waals surface area (Å²) in [5, 5.41) is 13.8. The second-order valence-electron chi connectivity index (χ2n) is 5.46. The van der Waals surface area contributed by atoms with Crippen molar-refractivity contribution in [3.63, 3.8) is 0 Å². The number of ether oxygens (including phenoxy) is 1. The molecule has 28 heavy (non-hydrogen) atoms. The van der Waals surface area contributed by atoms with Crippen molar-refractivity contribution in [2.24, 2.45) is 0 Å². The topological polar surface area (TPSA) is 107 Å². The van der Waals surface area contributed by atoms with Gasteiger partial charge in [0.25, 0.3) is 0 Å². The first-order valence-electron chi connectivity index (χ1n) is 8.41. The molecule has 0 unspecified atom stereocenters. The first-order chi connectivity index (χ1) is 13.6. The minimum atomic E-state index is -0.338. The van der Waals surface area contributed by atoms with Crippen LogP contribution in [0.1, 0.15) is 12.6 Å². The van der Waals surface area contributed by atoms with Crippen LogP contribution in [0.3, 0.4) is 0 Å². The van der Waals surface area contributed by atoms with Crippen LogP contribution in [0, 0.1) is 0 Å². The summed E-state index contributed by atoms with van der Waals surface area (Å²) in [6.07, 6.45) is 3.50. The Bertz CT molecular complexity index is 932. The van der Waals surface area contributed by atoms with Crippen LogP contribution in [0.5, 0.6) is 0 Å². The van der Waals surface area contributed by atoms with Crippen molar-refractivity contribution in [3.8, 4) is 11.3 Å². The first kappa shape index (κ1) is 19.9. The molecule has 0 atom stereocenters. The zero-order valence-corrected chi connectivity index (χ0v) is 16.6. The van der Waals surface area contributed by atoms with Gasteiger partial charge in [-0.3, -0.25) is 14.6 Å². The average Bonchev–Trinajstić information content (AvgIpc) is 3.14. The lowest BCUT2D eigenvalue weighted by Crippen LogP contribution is -2.14. The quantitative estimate of drug-likeness (QED) is 0.442. The highest BCUT2D eigenvalue weighted by molar-refractivity contribution is 7.99. The third kappa shape index (κ3) is 5.83. The van der Waals surface area contributed by atoms with Gasteiger partial charge in [-0.2, -0.15) is 0 Å². The van der Waals surface area contributed by atoms with Crippen molar-refractivity contribution in [1.82, 2.24) is 20.2 Å². The number of nitrogens with one attached hydrogen (secondary N) is 1. The third-order valence-corrected chi connectivity index (χ3v) is 5.10. The number of rotatable bonds is 8. The van der Waals surface area contributed by atoms with Crippen LogP contribution >= 0.6 is 23.1 Å². The molecule has 144 valence electrons. The molecule has 0 radical (unpaired) electrons. The number of hydrogen-bond acceptors (Lipinski definition) is 9. The van der Waals surface area contributed by atoms with E-state index in [9.17, 15) is 9.59 Å². The number of amides is 1. The number of thioether (sulfide) groups is 1. The van der Waals surface area contributed by atoms with E-state index in [1.54, 1.807) is 24.7 Å². The molecular formula is C18H17N5O3S2. The molecule has 0 spiro atoms. The van der Waals surface area contributed by atoms with Gasteiger partial charge in [0, 0.05) is 23.3 Å². The summed E-state index contributed by atoms with van der Waals surface area (Å²) in [6.45, 7) is 2.08. The van der Waals surface area contributed by atoms with Gasteiger partial charge in [0.2, 0.25) is 5.91 Å². The summed E-state index contributed by atoms with van der Waals surface area (Å²) in [6, 6.07) is 7.39. The number of esters is 1. The summed E-state index contributed by atoms with van der Waals surface area (Å²) < 4.78 is 4.88. The van der Waals surface area contributed by atoms with Crippen molar-refractivity contribution < 1.29 is 14.3 Å². The van der Waals surface area contributed by atoms with E-state index < -0.39 is 0 Å². The van der Waals surface area contributed by atoms with Gasteiger partial charge in [0.05, 0.1) is 30.2 Å². The molecule has 3 aromatic rings. The molecule has 0 aliphatic heterocycles. The lowest BCUT2D eigenvalue weighted by molar-refractivity contribution is -0.142. The van der Waals surface area contributed by atoms with Crippen molar-refractivity contribution >= 4 is 40.1 Å². The van der Waals surface area contributed by atoms with Crippen molar-refractivity contribution in [3.05, 3.63) is 47.7 Å². The minimum Gasteiger partial charge on any atom is -0.466 e. The van der Waals surface area contributed by atoms with E-state index in [1.165, 1.54) is 23.1 Å². The van der Waals surface area contributed by atoms with Gasteiger partial charge < -0.3 is 10.1 Å². The van der Waals surface area contributed by atoms with Gasteiger partial charge in [0.15, 0.2) is 5.13 Å². The Morgan fingerprint density at radius 3 is 2.86 bits per heavy atom. The van der Waals surface area contributed by atoms with Crippen LogP contribution in [-0.4, -0.2) is 44.4 Å². The van der Waals surface area contributed by atoms with Gasteiger partial charge in [-0.15, -0.1) is 21.5 Å². The first-order valence-corrected chi connectivity index (χ1v) is 10.3. The zero-order chi connectivity index (χ0) is 19.8. The second-order valence-corrected chi connectivity index (χ2v) is 7.31. The number of nitrogens with zero attached hydrogens (tertiary/aromatic N) is 4. The molecule has 1 amide bonds. The van der Waals surface area contributed by atoms with E-state index >= 15 is 0 Å². The van der Waals surface area contributed by atoms with E-state index in [0.29, 0.717) is 22.5 Å². The maximum atomic E-state index is 12.1. The highest BCUT2D eigenvalue weighted by atomic mass is 32.2. The highest BCUT2D eigenvalue weighted by Crippen LogP contribution is 2.20. The summed E-state index contributed by atoms with van der Waals surface area (Å²) in [4.78, 5) is 31.8. The summed E-state index contributed by atoms with van der Waals surface area (Å²) >= 11 is 2.54. The average molecular weight is 416 g/mol. The maximum Gasteiger partial charge on any atom is 0.311 e. The Kier molecular flexibility index (Phi) is 7.04. The molecule has 0 aromatic carbocycles. The number of aromatic nitrogens is 4. The molecule has 3 heterocycles. The van der Waals surface area contributed by atoms with Crippen LogP contribution in [0.25, 0.3) is 11.3 Å². The second kappa shape index (κ2) is 9.90. The Labute approximate surface area is 169 Å². The molecule has 0 saturated carbocycles. The highest BCUT2D eigenvalue weighted by Gasteiger charge is 2.11. The normalized spacial score (nSPS) is 10.5. The van der Waals surface area contributed by atoms with E-state index in [-0.39, 0.29) is 24.1 Å². The number of carbonyl (C=O) groups is 2. The van der Waals surface area contributed by atoms with Crippen molar-refractivity contribution in [1.29, 1.82) is 0 Å². The van der Waals surface area contributed by atoms with E-state index in [4.69, 9.17) is 4.74 Å². The number of hydrogen-bond donors (Lipinski definition) is 1. The molecule has 0 saturated heterocycles. The number of thiazole rings is 1.